The van der Waals surface area contributed by atoms with E-state index in [1.807, 2.05) is 13.8 Å². The molecule has 0 saturated carbocycles. The zero-order valence-electron chi connectivity index (χ0n) is 10.7. The Kier molecular flexibility index (Phi) is 3.83. The lowest BCUT2D eigenvalue weighted by Gasteiger charge is -2.14. The second kappa shape index (κ2) is 5.55. The molecule has 1 unspecified atom stereocenters. The van der Waals surface area contributed by atoms with Gasteiger partial charge in [0.1, 0.15) is 0 Å². The molecular formula is C10H15N7O2. The van der Waals surface area contributed by atoms with Crippen molar-refractivity contribution in [1.29, 1.82) is 0 Å². The molecule has 2 N–H and O–H groups in total. The van der Waals surface area contributed by atoms with Crippen LogP contribution < -0.4 is 0 Å². The molecule has 0 aliphatic carbocycles. The van der Waals surface area contributed by atoms with Crippen LogP contribution in [0.2, 0.25) is 0 Å². The van der Waals surface area contributed by atoms with Gasteiger partial charge in [0.2, 0.25) is 5.82 Å². The first-order chi connectivity index (χ1) is 9.08. The van der Waals surface area contributed by atoms with Gasteiger partial charge in [-0.1, -0.05) is 13.8 Å². The number of aromatic amines is 1. The van der Waals surface area contributed by atoms with Crippen molar-refractivity contribution in [1.82, 2.24) is 35.6 Å². The van der Waals surface area contributed by atoms with E-state index >= 15 is 0 Å². The maximum absolute atomic E-state index is 11.2. The fourth-order valence-corrected chi connectivity index (χ4v) is 1.85. The predicted octanol–water partition coefficient (Wildman–Crippen LogP) is 0.205. The molecule has 0 spiro atoms. The first-order valence-electron chi connectivity index (χ1n) is 5.93. The summed E-state index contributed by atoms with van der Waals surface area (Å²) in [6.45, 7) is 4.17. The normalized spacial score (nSPS) is 12.8. The smallest absolute Gasteiger partial charge is 0.308 e. The highest BCUT2D eigenvalue weighted by molar-refractivity contribution is 5.70. The molecule has 0 aromatic carbocycles. The SMILES string of the molecule is CC(C)CC(Cn1nnnc1-c1cn[nH]n1)C(=O)O. The molecule has 0 aliphatic heterocycles. The van der Waals surface area contributed by atoms with Gasteiger partial charge in [0, 0.05) is 0 Å². The van der Waals surface area contributed by atoms with Crippen LogP contribution in [0.5, 0.6) is 0 Å². The number of carboxylic acid groups (broad SMARTS) is 1. The summed E-state index contributed by atoms with van der Waals surface area (Å²) in [5, 5.41) is 30.5. The topological polar surface area (TPSA) is 122 Å². The lowest BCUT2D eigenvalue weighted by molar-refractivity contribution is -0.142. The third-order valence-electron chi connectivity index (χ3n) is 2.67. The van der Waals surface area contributed by atoms with Crippen LogP contribution in [0.4, 0.5) is 0 Å². The molecule has 2 aromatic rings. The minimum absolute atomic E-state index is 0.211. The second-order valence-corrected chi connectivity index (χ2v) is 4.70. The zero-order chi connectivity index (χ0) is 13.8. The van der Waals surface area contributed by atoms with Gasteiger partial charge in [-0.2, -0.15) is 15.4 Å². The summed E-state index contributed by atoms with van der Waals surface area (Å²) in [4.78, 5) is 11.2. The highest BCUT2D eigenvalue weighted by Gasteiger charge is 2.22. The Morgan fingerprint density at radius 1 is 1.53 bits per heavy atom. The van der Waals surface area contributed by atoms with E-state index in [0.717, 1.165) is 0 Å². The Bertz CT molecular complexity index is 534. The molecule has 9 nitrogen and oxygen atoms in total. The fourth-order valence-electron chi connectivity index (χ4n) is 1.85. The van der Waals surface area contributed by atoms with E-state index in [4.69, 9.17) is 0 Å². The van der Waals surface area contributed by atoms with Crippen LogP contribution in [-0.2, 0) is 11.3 Å². The molecule has 2 rings (SSSR count). The minimum atomic E-state index is -0.852. The second-order valence-electron chi connectivity index (χ2n) is 4.70. The Labute approximate surface area is 109 Å². The van der Waals surface area contributed by atoms with Crippen molar-refractivity contribution >= 4 is 5.97 Å². The maximum atomic E-state index is 11.2. The van der Waals surface area contributed by atoms with Crippen molar-refractivity contribution in [3.8, 4) is 11.5 Å². The van der Waals surface area contributed by atoms with Crippen molar-refractivity contribution in [2.24, 2.45) is 11.8 Å². The quantitative estimate of drug-likeness (QED) is 0.765. The van der Waals surface area contributed by atoms with Gasteiger partial charge in [-0.3, -0.25) is 4.79 Å². The molecule has 1 atom stereocenters. The molecule has 2 heterocycles. The lowest BCUT2D eigenvalue weighted by Crippen LogP contribution is -2.23. The average molecular weight is 265 g/mol. The number of rotatable bonds is 6. The summed E-state index contributed by atoms with van der Waals surface area (Å²) >= 11 is 0. The number of carbonyl (C=O) groups is 1. The summed E-state index contributed by atoms with van der Waals surface area (Å²) in [5.74, 6) is -0.693. The highest BCUT2D eigenvalue weighted by Crippen LogP contribution is 2.17. The lowest BCUT2D eigenvalue weighted by atomic mass is 9.97. The largest absolute Gasteiger partial charge is 0.481 e. The van der Waals surface area contributed by atoms with Gasteiger partial charge in [0.25, 0.3) is 0 Å². The van der Waals surface area contributed by atoms with Crippen molar-refractivity contribution in [2.45, 2.75) is 26.8 Å². The van der Waals surface area contributed by atoms with Gasteiger partial charge in [0.05, 0.1) is 18.7 Å². The minimum Gasteiger partial charge on any atom is -0.481 e. The number of H-pyrrole nitrogens is 1. The molecular weight excluding hydrogens is 250 g/mol. The summed E-state index contributed by atoms with van der Waals surface area (Å²) in [6.07, 6.45) is 2.05. The molecule has 0 radical (unpaired) electrons. The number of nitrogens with zero attached hydrogens (tertiary/aromatic N) is 6. The first kappa shape index (κ1) is 13.1. The van der Waals surface area contributed by atoms with Crippen molar-refractivity contribution in [3.05, 3.63) is 6.20 Å². The number of tetrazole rings is 1. The van der Waals surface area contributed by atoms with Gasteiger partial charge in [-0.05, 0) is 22.8 Å². The standard InChI is InChI=1S/C10H15N7O2/c1-6(2)3-7(10(18)19)5-17-9(13-15-16-17)8-4-11-14-12-8/h4,6-7H,3,5H2,1-2H3,(H,18,19)(H,11,12,14). The molecule has 0 saturated heterocycles. The highest BCUT2D eigenvalue weighted by atomic mass is 16.4. The number of aliphatic carboxylic acids is 1. The third kappa shape index (κ3) is 3.12. The van der Waals surface area contributed by atoms with Gasteiger partial charge in [-0.25, -0.2) is 4.68 Å². The Hall–Kier alpha value is -2.32. The number of hydrogen-bond acceptors (Lipinski definition) is 6. The number of aromatic nitrogens is 7. The van der Waals surface area contributed by atoms with Crippen LogP contribution in [0.25, 0.3) is 11.5 Å². The van der Waals surface area contributed by atoms with Crippen LogP contribution in [-0.4, -0.2) is 46.7 Å². The number of carboxylic acids is 1. The molecule has 2 aromatic heterocycles. The van der Waals surface area contributed by atoms with E-state index < -0.39 is 11.9 Å². The van der Waals surface area contributed by atoms with Crippen LogP contribution >= 0.6 is 0 Å². The van der Waals surface area contributed by atoms with Gasteiger partial charge >= 0.3 is 5.97 Å². The summed E-state index contributed by atoms with van der Waals surface area (Å²) in [7, 11) is 0. The Balaban J connectivity index is 2.18. The fraction of sp³-hybridized carbons (Fsp3) is 0.600. The van der Waals surface area contributed by atoms with Crippen LogP contribution in [0.1, 0.15) is 20.3 Å². The zero-order valence-corrected chi connectivity index (χ0v) is 10.7. The van der Waals surface area contributed by atoms with Gasteiger partial charge in [-0.15, -0.1) is 5.10 Å². The number of hydrogen-bond donors (Lipinski definition) is 2. The molecule has 102 valence electrons. The molecule has 0 bridgehead atoms. The van der Waals surface area contributed by atoms with Crippen molar-refractivity contribution in [2.75, 3.05) is 0 Å². The monoisotopic (exact) mass is 265 g/mol. The molecule has 0 aliphatic rings. The van der Waals surface area contributed by atoms with Crippen LogP contribution in [0, 0.1) is 11.8 Å². The predicted molar refractivity (Wildman–Crippen MR) is 63.8 cm³/mol. The van der Waals surface area contributed by atoms with E-state index in [1.54, 1.807) is 0 Å². The van der Waals surface area contributed by atoms with Crippen LogP contribution in [0.15, 0.2) is 6.20 Å². The van der Waals surface area contributed by atoms with E-state index in [1.165, 1.54) is 10.9 Å². The molecule has 19 heavy (non-hydrogen) atoms. The third-order valence-corrected chi connectivity index (χ3v) is 2.67. The Morgan fingerprint density at radius 2 is 2.32 bits per heavy atom. The van der Waals surface area contributed by atoms with Crippen molar-refractivity contribution in [3.63, 3.8) is 0 Å². The van der Waals surface area contributed by atoms with E-state index in [2.05, 4.69) is 30.9 Å². The summed E-state index contributed by atoms with van der Waals surface area (Å²) < 4.78 is 1.44. The van der Waals surface area contributed by atoms with Crippen molar-refractivity contribution < 1.29 is 9.90 Å². The maximum Gasteiger partial charge on any atom is 0.308 e. The van der Waals surface area contributed by atoms with Gasteiger partial charge in [0.15, 0.2) is 5.69 Å². The van der Waals surface area contributed by atoms with E-state index in [-0.39, 0.29) is 12.5 Å². The van der Waals surface area contributed by atoms with Gasteiger partial charge < -0.3 is 5.11 Å². The molecule has 0 amide bonds. The number of nitrogens with one attached hydrogen (secondary N) is 1. The van der Waals surface area contributed by atoms with Crippen LogP contribution in [0.3, 0.4) is 0 Å². The van der Waals surface area contributed by atoms with E-state index in [0.29, 0.717) is 17.9 Å². The summed E-state index contributed by atoms with van der Waals surface area (Å²) in [5.41, 5.74) is 0.485. The average Bonchev–Trinajstić information content (AvgIpc) is 2.96. The summed E-state index contributed by atoms with van der Waals surface area (Å²) in [6, 6.07) is 0. The van der Waals surface area contributed by atoms with E-state index in [9.17, 15) is 9.90 Å². The molecule has 0 fully saturated rings. The molecule has 9 heteroatoms. The Morgan fingerprint density at radius 3 is 2.89 bits per heavy atom. The first-order valence-corrected chi connectivity index (χ1v) is 5.93.